The standard InChI is InChI=1S/C22H22Cl2N2/c1-17-16-19(25-22-5-3-2-4-21(17)22)9-6-18-7-10-20(11-8-18)26(14-12-23)15-13-24/h2-11,16H,12-15H2,1H3. The summed E-state index contributed by atoms with van der Waals surface area (Å²) in [6.45, 7) is 3.71. The summed E-state index contributed by atoms with van der Waals surface area (Å²) in [4.78, 5) is 6.92. The molecule has 0 unspecified atom stereocenters. The predicted molar refractivity (Wildman–Crippen MR) is 116 cm³/mol. The molecule has 4 heteroatoms. The van der Waals surface area contributed by atoms with Crippen LogP contribution in [0.1, 0.15) is 16.8 Å². The Bertz CT molecular complexity index is 882. The average molecular weight is 385 g/mol. The molecule has 2 aromatic carbocycles. The number of halogens is 2. The molecule has 0 aliphatic heterocycles. The molecule has 2 nitrogen and oxygen atoms in total. The van der Waals surface area contributed by atoms with Crippen LogP contribution in [-0.4, -0.2) is 29.8 Å². The lowest BCUT2D eigenvalue weighted by molar-refractivity contribution is 0.874. The summed E-state index contributed by atoms with van der Waals surface area (Å²) in [5, 5.41) is 1.20. The summed E-state index contributed by atoms with van der Waals surface area (Å²) >= 11 is 11.8. The summed E-state index contributed by atoms with van der Waals surface area (Å²) in [5.74, 6) is 1.18. The highest BCUT2D eigenvalue weighted by molar-refractivity contribution is 6.18. The van der Waals surface area contributed by atoms with Crippen LogP contribution in [0, 0.1) is 6.92 Å². The highest BCUT2D eigenvalue weighted by Crippen LogP contribution is 2.20. The predicted octanol–water partition coefficient (Wildman–Crippen LogP) is 6.00. The van der Waals surface area contributed by atoms with E-state index < -0.39 is 0 Å². The number of pyridine rings is 1. The molecule has 0 N–H and O–H groups in total. The largest absolute Gasteiger partial charge is 0.369 e. The Morgan fingerprint density at radius 3 is 2.31 bits per heavy atom. The van der Waals surface area contributed by atoms with Gasteiger partial charge in [-0.2, -0.15) is 0 Å². The van der Waals surface area contributed by atoms with E-state index in [1.54, 1.807) is 0 Å². The lowest BCUT2D eigenvalue weighted by Gasteiger charge is -2.22. The fourth-order valence-electron chi connectivity index (χ4n) is 3.01. The van der Waals surface area contributed by atoms with Crippen molar-refractivity contribution in [3.8, 4) is 0 Å². The second-order valence-electron chi connectivity index (χ2n) is 6.17. The number of aryl methyl sites for hydroxylation is 1. The van der Waals surface area contributed by atoms with Crippen molar-refractivity contribution in [2.45, 2.75) is 6.92 Å². The third-order valence-corrected chi connectivity index (χ3v) is 4.69. The van der Waals surface area contributed by atoms with Gasteiger partial charge < -0.3 is 4.90 Å². The Labute approximate surface area is 165 Å². The molecular formula is C22H22Cl2N2. The van der Waals surface area contributed by atoms with E-state index in [2.05, 4.69) is 66.4 Å². The minimum atomic E-state index is 0.589. The van der Waals surface area contributed by atoms with E-state index in [4.69, 9.17) is 28.2 Å². The van der Waals surface area contributed by atoms with Crippen molar-refractivity contribution in [3.63, 3.8) is 0 Å². The van der Waals surface area contributed by atoms with Crippen LogP contribution in [0.25, 0.3) is 23.1 Å². The molecule has 134 valence electrons. The Balaban J connectivity index is 1.78. The number of hydrogen-bond donors (Lipinski definition) is 0. The number of anilines is 1. The molecule has 0 spiro atoms. The van der Waals surface area contributed by atoms with Crippen LogP contribution in [0.5, 0.6) is 0 Å². The van der Waals surface area contributed by atoms with Gasteiger partial charge in [0.1, 0.15) is 0 Å². The van der Waals surface area contributed by atoms with Gasteiger partial charge in [0.05, 0.1) is 11.2 Å². The van der Waals surface area contributed by atoms with Crippen LogP contribution in [0.15, 0.2) is 54.6 Å². The molecule has 3 rings (SSSR count). The number of rotatable bonds is 7. The first kappa shape index (κ1) is 18.8. The monoisotopic (exact) mass is 384 g/mol. The molecule has 0 bridgehead atoms. The smallest absolute Gasteiger partial charge is 0.0711 e. The molecule has 1 aromatic heterocycles. The van der Waals surface area contributed by atoms with E-state index in [-0.39, 0.29) is 0 Å². The molecule has 26 heavy (non-hydrogen) atoms. The molecule has 3 aromatic rings. The first-order valence-electron chi connectivity index (χ1n) is 8.72. The van der Waals surface area contributed by atoms with Gasteiger partial charge in [0.15, 0.2) is 0 Å². The van der Waals surface area contributed by atoms with Crippen LogP contribution < -0.4 is 4.90 Å². The molecule has 0 atom stereocenters. The van der Waals surface area contributed by atoms with Gasteiger partial charge in [0.2, 0.25) is 0 Å². The molecule has 0 radical (unpaired) electrons. The highest BCUT2D eigenvalue weighted by Gasteiger charge is 2.05. The molecule has 1 heterocycles. The van der Waals surface area contributed by atoms with Crippen LogP contribution >= 0.6 is 23.2 Å². The van der Waals surface area contributed by atoms with Gasteiger partial charge in [-0.05, 0) is 48.4 Å². The lowest BCUT2D eigenvalue weighted by atomic mass is 10.1. The maximum absolute atomic E-state index is 5.88. The number of fused-ring (bicyclic) bond motifs is 1. The number of aromatic nitrogens is 1. The van der Waals surface area contributed by atoms with E-state index in [9.17, 15) is 0 Å². The van der Waals surface area contributed by atoms with Gasteiger partial charge in [0.25, 0.3) is 0 Å². The van der Waals surface area contributed by atoms with Gasteiger partial charge >= 0.3 is 0 Å². The maximum atomic E-state index is 5.88. The lowest BCUT2D eigenvalue weighted by Crippen LogP contribution is -2.27. The number of para-hydroxylation sites is 1. The maximum Gasteiger partial charge on any atom is 0.0711 e. The highest BCUT2D eigenvalue weighted by atomic mass is 35.5. The molecular weight excluding hydrogens is 363 g/mol. The number of alkyl halides is 2. The third kappa shape index (κ3) is 4.57. The second-order valence-corrected chi connectivity index (χ2v) is 6.93. The molecule has 0 aliphatic rings. The van der Waals surface area contributed by atoms with Crippen LogP contribution in [0.4, 0.5) is 5.69 Å². The number of nitrogens with zero attached hydrogens (tertiary/aromatic N) is 2. The first-order chi connectivity index (χ1) is 12.7. The SMILES string of the molecule is Cc1cc(C=Cc2ccc(N(CCCl)CCCl)cc2)nc2ccccc12. The summed E-state index contributed by atoms with van der Waals surface area (Å²) in [5.41, 5.74) is 5.51. The summed E-state index contributed by atoms with van der Waals surface area (Å²) in [6, 6.07) is 18.8. The quantitative estimate of drug-likeness (QED) is 0.464. The molecule has 0 saturated carbocycles. The topological polar surface area (TPSA) is 16.1 Å². The Kier molecular flexibility index (Phi) is 6.54. The summed E-state index contributed by atoms with van der Waals surface area (Å²) < 4.78 is 0. The van der Waals surface area contributed by atoms with Crippen molar-refractivity contribution in [2.75, 3.05) is 29.7 Å². The van der Waals surface area contributed by atoms with Gasteiger partial charge in [-0.1, -0.05) is 36.4 Å². The number of hydrogen-bond acceptors (Lipinski definition) is 2. The van der Waals surface area contributed by atoms with Crippen LogP contribution in [-0.2, 0) is 0 Å². The van der Waals surface area contributed by atoms with Crippen LogP contribution in [0.3, 0.4) is 0 Å². The molecule has 0 amide bonds. The van der Waals surface area contributed by atoms with E-state index >= 15 is 0 Å². The average Bonchev–Trinajstić information content (AvgIpc) is 2.67. The van der Waals surface area contributed by atoms with Gasteiger partial charge in [-0.15, -0.1) is 23.2 Å². The molecule has 0 fully saturated rings. The Morgan fingerprint density at radius 1 is 0.923 bits per heavy atom. The van der Waals surface area contributed by atoms with Gasteiger partial charge in [-0.3, -0.25) is 0 Å². The zero-order valence-corrected chi connectivity index (χ0v) is 16.3. The fourth-order valence-corrected chi connectivity index (χ4v) is 3.42. The van der Waals surface area contributed by atoms with E-state index in [1.807, 2.05) is 12.1 Å². The van der Waals surface area contributed by atoms with Gasteiger partial charge in [-0.25, -0.2) is 4.98 Å². The minimum Gasteiger partial charge on any atom is -0.369 e. The van der Waals surface area contributed by atoms with Crippen molar-refractivity contribution < 1.29 is 0 Å². The summed E-state index contributed by atoms with van der Waals surface area (Å²) in [6.07, 6.45) is 4.15. The Morgan fingerprint density at radius 2 is 1.62 bits per heavy atom. The first-order valence-corrected chi connectivity index (χ1v) is 9.79. The van der Waals surface area contributed by atoms with Crippen molar-refractivity contribution in [1.82, 2.24) is 4.98 Å². The van der Waals surface area contributed by atoms with Crippen molar-refractivity contribution in [2.24, 2.45) is 0 Å². The minimum absolute atomic E-state index is 0.589. The number of benzene rings is 2. The zero-order valence-electron chi connectivity index (χ0n) is 14.8. The molecule has 0 saturated heterocycles. The molecule has 0 aliphatic carbocycles. The fraction of sp³-hybridized carbons (Fsp3) is 0.227. The second kappa shape index (κ2) is 9.07. The van der Waals surface area contributed by atoms with Crippen LogP contribution in [0.2, 0.25) is 0 Å². The van der Waals surface area contributed by atoms with E-state index in [0.717, 1.165) is 35.6 Å². The van der Waals surface area contributed by atoms with Crippen molar-refractivity contribution in [1.29, 1.82) is 0 Å². The summed E-state index contributed by atoms with van der Waals surface area (Å²) in [7, 11) is 0. The van der Waals surface area contributed by atoms with Gasteiger partial charge in [0, 0.05) is 35.9 Å². The van der Waals surface area contributed by atoms with Crippen molar-refractivity contribution >= 4 is 51.9 Å². The zero-order chi connectivity index (χ0) is 18.4. The third-order valence-electron chi connectivity index (χ3n) is 4.36. The normalized spacial score (nSPS) is 11.3. The van der Waals surface area contributed by atoms with E-state index in [0.29, 0.717) is 11.8 Å². The van der Waals surface area contributed by atoms with E-state index in [1.165, 1.54) is 10.9 Å². The Hall–Kier alpha value is -2.03. The van der Waals surface area contributed by atoms with Crippen molar-refractivity contribution in [3.05, 3.63) is 71.4 Å².